The van der Waals surface area contributed by atoms with E-state index >= 15 is 0 Å². The molecule has 4 heterocycles. The van der Waals surface area contributed by atoms with Crippen LogP contribution in [0.3, 0.4) is 0 Å². The predicted octanol–water partition coefficient (Wildman–Crippen LogP) is 2.14. The van der Waals surface area contributed by atoms with E-state index in [1.54, 1.807) is 6.20 Å². The van der Waals surface area contributed by atoms with Gasteiger partial charge in [-0.3, -0.25) is 9.78 Å². The molecule has 2 aromatic rings. The van der Waals surface area contributed by atoms with Crippen molar-refractivity contribution in [3.8, 4) is 10.7 Å². The van der Waals surface area contributed by atoms with E-state index < -0.39 is 0 Å². The molecule has 114 valence electrons. The number of fused-ring (bicyclic) bond motifs is 2. The average Bonchev–Trinajstić information content (AvgIpc) is 3.23. The Morgan fingerprint density at radius 3 is 3.00 bits per heavy atom. The summed E-state index contributed by atoms with van der Waals surface area (Å²) in [5.74, 6) is -0.00321. The van der Waals surface area contributed by atoms with Gasteiger partial charge in [-0.25, -0.2) is 4.98 Å². The van der Waals surface area contributed by atoms with Gasteiger partial charge in [-0.2, -0.15) is 0 Å². The highest BCUT2D eigenvalue weighted by molar-refractivity contribution is 7.17. The molecule has 2 N–H and O–H groups in total. The fraction of sp³-hybridized carbons (Fsp3) is 0.438. The Bertz CT molecular complexity index is 699. The van der Waals surface area contributed by atoms with Crippen molar-refractivity contribution in [1.82, 2.24) is 20.6 Å². The zero-order chi connectivity index (χ0) is 15.1. The normalized spacial score (nSPS) is 26.3. The molecule has 2 fully saturated rings. The van der Waals surface area contributed by atoms with Crippen molar-refractivity contribution >= 4 is 17.2 Å². The van der Waals surface area contributed by atoms with Crippen molar-refractivity contribution < 1.29 is 4.79 Å². The number of aromatic nitrogens is 2. The number of pyridine rings is 1. The molecule has 2 aliphatic heterocycles. The summed E-state index contributed by atoms with van der Waals surface area (Å²) in [6.07, 6.45) is 5.19. The number of nitrogens with zero attached hydrogens (tertiary/aromatic N) is 2. The Morgan fingerprint density at radius 2 is 2.32 bits per heavy atom. The zero-order valence-electron chi connectivity index (χ0n) is 12.4. The van der Waals surface area contributed by atoms with Gasteiger partial charge < -0.3 is 10.6 Å². The van der Waals surface area contributed by atoms with Crippen LogP contribution in [0.5, 0.6) is 0 Å². The van der Waals surface area contributed by atoms with Crippen LogP contribution >= 0.6 is 11.3 Å². The maximum absolute atomic E-state index is 12.6. The van der Waals surface area contributed by atoms with Gasteiger partial charge in [-0.1, -0.05) is 6.07 Å². The molecular weight excluding hydrogens is 296 g/mol. The van der Waals surface area contributed by atoms with Crippen molar-refractivity contribution in [3.05, 3.63) is 35.0 Å². The van der Waals surface area contributed by atoms with Crippen LogP contribution < -0.4 is 10.6 Å². The van der Waals surface area contributed by atoms with Crippen LogP contribution in [0.25, 0.3) is 10.7 Å². The molecule has 2 aromatic heterocycles. The number of aryl methyl sites for hydroxylation is 1. The molecule has 0 aromatic carbocycles. The van der Waals surface area contributed by atoms with Crippen LogP contribution in [-0.2, 0) is 0 Å². The highest BCUT2D eigenvalue weighted by Crippen LogP contribution is 2.30. The second-order valence-electron chi connectivity index (χ2n) is 6.01. The van der Waals surface area contributed by atoms with Gasteiger partial charge in [0, 0.05) is 24.3 Å². The van der Waals surface area contributed by atoms with E-state index in [9.17, 15) is 4.79 Å². The minimum absolute atomic E-state index is 0.00321. The minimum atomic E-state index is -0.00321. The van der Waals surface area contributed by atoms with Gasteiger partial charge >= 0.3 is 0 Å². The van der Waals surface area contributed by atoms with Crippen molar-refractivity contribution in [2.45, 2.75) is 44.3 Å². The predicted molar refractivity (Wildman–Crippen MR) is 85.9 cm³/mol. The Labute approximate surface area is 133 Å². The van der Waals surface area contributed by atoms with E-state index in [2.05, 4.69) is 20.6 Å². The van der Waals surface area contributed by atoms with Crippen LogP contribution in [0, 0.1) is 6.92 Å². The van der Waals surface area contributed by atoms with Gasteiger partial charge in [0.1, 0.15) is 9.88 Å². The highest BCUT2D eigenvalue weighted by Gasteiger charge is 2.40. The number of rotatable bonds is 3. The van der Waals surface area contributed by atoms with Crippen LogP contribution in [0.4, 0.5) is 0 Å². The van der Waals surface area contributed by atoms with Crippen molar-refractivity contribution in [2.24, 2.45) is 0 Å². The smallest absolute Gasteiger partial charge is 0.263 e. The van der Waals surface area contributed by atoms with Crippen molar-refractivity contribution in [3.63, 3.8) is 0 Å². The maximum atomic E-state index is 12.6. The fourth-order valence-electron chi connectivity index (χ4n) is 3.42. The number of amides is 1. The number of hydrogen-bond donors (Lipinski definition) is 2. The summed E-state index contributed by atoms with van der Waals surface area (Å²) in [6, 6.07) is 7.00. The van der Waals surface area contributed by atoms with E-state index in [0.717, 1.165) is 29.2 Å². The van der Waals surface area contributed by atoms with Crippen molar-refractivity contribution in [1.29, 1.82) is 0 Å². The number of carbonyl (C=O) groups is 1. The Hall–Kier alpha value is -1.79. The Kier molecular flexibility index (Phi) is 3.43. The second-order valence-corrected chi connectivity index (χ2v) is 7.01. The molecule has 2 saturated heterocycles. The molecule has 5 nitrogen and oxygen atoms in total. The van der Waals surface area contributed by atoms with Crippen LogP contribution in [-0.4, -0.2) is 34.0 Å². The lowest BCUT2D eigenvalue weighted by molar-refractivity contribution is 0.0934. The monoisotopic (exact) mass is 314 g/mol. The molecule has 3 atom stereocenters. The fourth-order valence-corrected chi connectivity index (χ4v) is 4.37. The molecule has 0 radical (unpaired) electrons. The lowest BCUT2D eigenvalue weighted by Crippen LogP contribution is -2.42. The molecule has 22 heavy (non-hydrogen) atoms. The summed E-state index contributed by atoms with van der Waals surface area (Å²) in [6.45, 7) is 1.89. The molecule has 2 aliphatic rings. The number of hydrogen-bond acceptors (Lipinski definition) is 5. The first-order valence-electron chi connectivity index (χ1n) is 7.66. The summed E-state index contributed by atoms with van der Waals surface area (Å²) >= 11 is 1.42. The van der Waals surface area contributed by atoms with Crippen LogP contribution in [0.15, 0.2) is 24.4 Å². The molecule has 6 heteroatoms. The molecule has 0 unspecified atom stereocenters. The van der Waals surface area contributed by atoms with Crippen LogP contribution in [0.1, 0.15) is 34.6 Å². The molecule has 2 bridgehead atoms. The van der Waals surface area contributed by atoms with E-state index in [4.69, 9.17) is 0 Å². The summed E-state index contributed by atoms with van der Waals surface area (Å²) in [5.41, 5.74) is 1.59. The van der Waals surface area contributed by atoms with Gasteiger partial charge in [-0.15, -0.1) is 11.3 Å². The molecule has 0 saturated carbocycles. The molecule has 0 spiro atoms. The van der Waals surface area contributed by atoms with Gasteiger partial charge in [0.15, 0.2) is 0 Å². The number of nitrogens with one attached hydrogen (secondary N) is 2. The number of carbonyl (C=O) groups excluding carboxylic acids is 1. The van der Waals surface area contributed by atoms with E-state index in [-0.39, 0.29) is 11.9 Å². The third kappa shape index (κ3) is 2.42. The summed E-state index contributed by atoms with van der Waals surface area (Å²) in [7, 11) is 0. The second kappa shape index (κ2) is 5.44. The quantitative estimate of drug-likeness (QED) is 0.911. The summed E-state index contributed by atoms with van der Waals surface area (Å²) in [5, 5.41) is 7.52. The first-order valence-corrected chi connectivity index (χ1v) is 8.48. The van der Waals surface area contributed by atoms with Gasteiger partial charge in [-0.05, 0) is 38.3 Å². The largest absolute Gasteiger partial charge is 0.347 e. The molecule has 0 aliphatic carbocycles. The SMILES string of the molecule is Cc1nc(-c2ccccn2)sc1C(=O)N[C@@H]1C[C@H]2CC[C@@H]1N2. The third-order valence-electron chi connectivity index (χ3n) is 4.50. The molecular formula is C16H18N4OS. The molecule has 4 rings (SSSR count). The van der Waals surface area contributed by atoms with Gasteiger partial charge in [0.05, 0.1) is 11.4 Å². The third-order valence-corrected chi connectivity index (χ3v) is 5.68. The summed E-state index contributed by atoms with van der Waals surface area (Å²) < 4.78 is 0. The lowest BCUT2D eigenvalue weighted by atomic mass is 9.95. The van der Waals surface area contributed by atoms with Gasteiger partial charge in [0.25, 0.3) is 5.91 Å². The summed E-state index contributed by atoms with van der Waals surface area (Å²) in [4.78, 5) is 22.1. The zero-order valence-corrected chi connectivity index (χ0v) is 13.2. The first kappa shape index (κ1) is 13.8. The van der Waals surface area contributed by atoms with E-state index in [1.165, 1.54) is 17.8 Å². The molecule has 1 amide bonds. The minimum Gasteiger partial charge on any atom is -0.347 e. The topological polar surface area (TPSA) is 66.9 Å². The standard InChI is InChI=1S/C16H18N4OS/c1-9-14(22-16(18-9)12-4-2-3-7-17-12)15(21)20-13-8-10-5-6-11(13)19-10/h2-4,7,10-11,13,19H,5-6,8H2,1H3,(H,20,21)/t10-,11+,13-/m1/s1. The van der Waals surface area contributed by atoms with Crippen LogP contribution in [0.2, 0.25) is 0 Å². The van der Waals surface area contributed by atoms with Crippen molar-refractivity contribution in [2.75, 3.05) is 0 Å². The van der Waals surface area contributed by atoms with E-state index in [0.29, 0.717) is 17.0 Å². The maximum Gasteiger partial charge on any atom is 0.263 e. The number of thiazole rings is 1. The average molecular weight is 314 g/mol. The highest BCUT2D eigenvalue weighted by atomic mass is 32.1. The van der Waals surface area contributed by atoms with Gasteiger partial charge in [0.2, 0.25) is 0 Å². The lowest BCUT2D eigenvalue weighted by Gasteiger charge is -2.21. The Balaban J connectivity index is 1.52. The van der Waals surface area contributed by atoms with E-state index in [1.807, 2.05) is 25.1 Å². The Morgan fingerprint density at radius 1 is 1.41 bits per heavy atom. The first-order chi connectivity index (χ1) is 10.7.